The largest absolute Gasteiger partial charge is 0.397 e. The van der Waals surface area contributed by atoms with Crippen LogP contribution in [0.4, 0.5) is 20.6 Å². The Bertz CT molecular complexity index is 377. The molecular weight excluding hydrogens is 209 g/mol. The fourth-order valence-corrected chi connectivity index (χ4v) is 1.34. The van der Waals surface area contributed by atoms with Gasteiger partial charge < -0.3 is 16.0 Å². The molecule has 2 amide bonds. The molecule has 0 unspecified atom stereocenters. The number of rotatable bonds is 3. The summed E-state index contributed by atoms with van der Waals surface area (Å²) in [4.78, 5) is 13.3. The van der Waals surface area contributed by atoms with Crippen molar-refractivity contribution in [3.63, 3.8) is 0 Å². The first-order chi connectivity index (χ1) is 7.58. The second-order valence-electron chi connectivity index (χ2n) is 3.33. The normalized spacial score (nSPS) is 9.94. The maximum atomic E-state index is 12.9. The molecule has 0 aliphatic rings. The molecule has 0 aromatic heterocycles. The number of carbonyl (C=O) groups is 1. The molecular formula is C11H16FN3O. The Balaban J connectivity index is 2.80. The lowest BCUT2D eigenvalue weighted by molar-refractivity contribution is 0.217. The van der Waals surface area contributed by atoms with Crippen LogP contribution in [0.25, 0.3) is 0 Å². The Morgan fingerprint density at radius 2 is 2.06 bits per heavy atom. The lowest BCUT2D eigenvalue weighted by Gasteiger charge is -2.19. The Labute approximate surface area is 94.2 Å². The van der Waals surface area contributed by atoms with Gasteiger partial charge >= 0.3 is 6.03 Å². The lowest BCUT2D eigenvalue weighted by atomic mass is 10.2. The number of hydrogen-bond acceptors (Lipinski definition) is 2. The molecule has 1 rings (SSSR count). The minimum atomic E-state index is -0.427. The minimum Gasteiger partial charge on any atom is -0.397 e. The summed E-state index contributed by atoms with van der Waals surface area (Å²) < 4.78 is 12.9. The third-order valence-electron chi connectivity index (χ3n) is 2.31. The Morgan fingerprint density at radius 1 is 1.44 bits per heavy atom. The average molecular weight is 225 g/mol. The zero-order valence-corrected chi connectivity index (χ0v) is 9.46. The van der Waals surface area contributed by atoms with Crippen LogP contribution in [0.3, 0.4) is 0 Å². The van der Waals surface area contributed by atoms with Crippen LogP contribution in [-0.2, 0) is 0 Å². The van der Waals surface area contributed by atoms with Gasteiger partial charge in [0.25, 0.3) is 0 Å². The number of nitrogen functional groups attached to an aromatic ring is 1. The molecule has 0 atom stereocenters. The first-order valence-electron chi connectivity index (χ1n) is 5.19. The molecule has 16 heavy (non-hydrogen) atoms. The number of nitrogens with two attached hydrogens (primary N) is 1. The second kappa shape index (κ2) is 5.34. The summed E-state index contributed by atoms with van der Waals surface area (Å²) in [5, 5.41) is 2.57. The monoisotopic (exact) mass is 225 g/mol. The Morgan fingerprint density at radius 3 is 2.62 bits per heavy atom. The van der Waals surface area contributed by atoms with Crippen LogP contribution in [-0.4, -0.2) is 24.0 Å². The van der Waals surface area contributed by atoms with Crippen molar-refractivity contribution in [2.24, 2.45) is 0 Å². The highest BCUT2D eigenvalue weighted by atomic mass is 19.1. The van der Waals surface area contributed by atoms with Crippen molar-refractivity contribution >= 4 is 17.4 Å². The van der Waals surface area contributed by atoms with Gasteiger partial charge in [0.15, 0.2) is 0 Å². The summed E-state index contributed by atoms with van der Waals surface area (Å²) in [6.45, 7) is 4.94. The fraction of sp³-hybridized carbons (Fsp3) is 0.364. The van der Waals surface area contributed by atoms with Gasteiger partial charge in [0.05, 0.1) is 11.4 Å². The zero-order chi connectivity index (χ0) is 12.1. The highest BCUT2D eigenvalue weighted by Gasteiger charge is 2.11. The summed E-state index contributed by atoms with van der Waals surface area (Å²) in [7, 11) is 0. The van der Waals surface area contributed by atoms with Crippen LogP contribution >= 0.6 is 0 Å². The molecule has 0 saturated carbocycles. The molecule has 1 aromatic rings. The van der Waals surface area contributed by atoms with Crippen molar-refractivity contribution in [3.05, 3.63) is 24.0 Å². The van der Waals surface area contributed by atoms with E-state index in [1.54, 1.807) is 4.90 Å². The van der Waals surface area contributed by atoms with Crippen molar-refractivity contribution in [2.75, 3.05) is 24.1 Å². The number of nitrogens with one attached hydrogen (secondary N) is 1. The minimum absolute atomic E-state index is 0.276. The van der Waals surface area contributed by atoms with Crippen LogP contribution in [0.15, 0.2) is 18.2 Å². The van der Waals surface area contributed by atoms with E-state index in [-0.39, 0.29) is 6.03 Å². The molecule has 0 aliphatic carbocycles. The molecule has 4 nitrogen and oxygen atoms in total. The smallest absolute Gasteiger partial charge is 0.321 e. The summed E-state index contributed by atoms with van der Waals surface area (Å²) in [5.74, 6) is -0.427. The average Bonchev–Trinajstić information content (AvgIpc) is 2.25. The number of anilines is 2. The number of carbonyl (C=O) groups excluding carboxylic acids is 1. The molecule has 0 saturated heterocycles. The zero-order valence-electron chi connectivity index (χ0n) is 9.46. The number of urea groups is 1. The van der Waals surface area contributed by atoms with Gasteiger partial charge in [0.1, 0.15) is 5.82 Å². The molecule has 0 fully saturated rings. The number of benzene rings is 1. The van der Waals surface area contributed by atoms with E-state index < -0.39 is 5.82 Å². The van der Waals surface area contributed by atoms with Crippen LogP contribution in [0.2, 0.25) is 0 Å². The van der Waals surface area contributed by atoms with Gasteiger partial charge in [0.2, 0.25) is 0 Å². The molecule has 1 aromatic carbocycles. The Hall–Kier alpha value is -1.78. The van der Waals surface area contributed by atoms with Crippen molar-refractivity contribution in [1.82, 2.24) is 4.90 Å². The third-order valence-corrected chi connectivity index (χ3v) is 2.31. The molecule has 0 bridgehead atoms. The first-order valence-corrected chi connectivity index (χ1v) is 5.19. The van der Waals surface area contributed by atoms with Crippen LogP contribution in [0, 0.1) is 5.82 Å². The van der Waals surface area contributed by atoms with Crippen LogP contribution in [0.1, 0.15) is 13.8 Å². The predicted octanol–water partition coefficient (Wildman–Crippen LogP) is 2.28. The quantitative estimate of drug-likeness (QED) is 0.775. The fourth-order valence-electron chi connectivity index (χ4n) is 1.34. The number of halogens is 1. The first kappa shape index (κ1) is 12.3. The molecule has 0 heterocycles. The van der Waals surface area contributed by atoms with Crippen molar-refractivity contribution in [3.8, 4) is 0 Å². The molecule has 0 spiro atoms. The third kappa shape index (κ3) is 2.85. The van der Waals surface area contributed by atoms with Gasteiger partial charge in [-0.25, -0.2) is 9.18 Å². The van der Waals surface area contributed by atoms with E-state index in [2.05, 4.69) is 5.32 Å². The van der Waals surface area contributed by atoms with E-state index in [1.807, 2.05) is 13.8 Å². The standard InChI is InChI=1S/C11H16FN3O/c1-3-15(4-2)11(16)14-10-7-8(12)5-6-9(10)13/h5-7H,3-4,13H2,1-2H3,(H,14,16). The predicted molar refractivity (Wildman–Crippen MR) is 62.8 cm³/mol. The van der Waals surface area contributed by atoms with Gasteiger partial charge in [-0.05, 0) is 32.0 Å². The van der Waals surface area contributed by atoms with E-state index in [1.165, 1.54) is 18.2 Å². The van der Waals surface area contributed by atoms with Gasteiger partial charge in [-0.3, -0.25) is 0 Å². The second-order valence-corrected chi connectivity index (χ2v) is 3.33. The van der Waals surface area contributed by atoms with E-state index in [4.69, 9.17) is 5.73 Å². The summed E-state index contributed by atoms with van der Waals surface area (Å²) in [6, 6.07) is 3.61. The van der Waals surface area contributed by atoms with Crippen LogP contribution in [0.5, 0.6) is 0 Å². The van der Waals surface area contributed by atoms with Gasteiger partial charge in [-0.1, -0.05) is 0 Å². The van der Waals surface area contributed by atoms with Crippen molar-refractivity contribution in [1.29, 1.82) is 0 Å². The highest BCUT2D eigenvalue weighted by Crippen LogP contribution is 2.19. The highest BCUT2D eigenvalue weighted by molar-refractivity contribution is 5.92. The van der Waals surface area contributed by atoms with Crippen molar-refractivity contribution in [2.45, 2.75) is 13.8 Å². The maximum absolute atomic E-state index is 12.9. The van der Waals surface area contributed by atoms with E-state index in [9.17, 15) is 9.18 Å². The maximum Gasteiger partial charge on any atom is 0.321 e. The SMILES string of the molecule is CCN(CC)C(=O)Nc1cc(F)ccc1N. The number of hydrogen-bond donors (Lipinski definition) is 2. The van der Waals surface area contributed by atoms with Gasteiger partial charge in [-0.2, -0.15) is 0 Å². The van der Waals surface area contributed by atoms with E-state index in [0.29, 0.717) is 24.5 Å². The van der Waals surface area contributed by atoms with Crippen LogP contribution < -0.4 is 11.1 Å². The molecule has 0 radical (unpaired) electrons. The van der Waals surface area contributed by atoms with E-state index >= 15 is 0 Å². The van der Waals surface area contributed by atoms with E-state index in [0.717, 1.165) is 0 Å². The molecule has 88 valence electrons. The van der Waals surface area contributed by atoms with Crippen molar-refractivity contribution < 1.29 is 9.18 Å². The van der Waals surface area contributed by atoms with Gasteiger partial charge in [-0.15, -0.1) is 0 Å². The summed E-state index contributed by atoms with van der Waals surface area (Å²) in [5.41, 5.74) is 6.27. The number of amides is 2. The summed E-state index contributed by atoms with van der Waals surface area (Å²) in [6.07, 6.45) is 0. The van der Waals surface area contributed by atoms with Gasteiger partial charge in [0, 0.05) is 13.1 Å². The molecule has 3 N–H and O–H groups in total. The summed E-state index contributed by atoms with van der Waals surface area (Å²) >= 11 is 0. The Kier molecular flexibility index (Phi) is 4.10. The molecule has 0 aliphatic heterocycles. The number of nitrogens with zero attached hydrogens (tertiary/aromatic N) is 1. The lowest BCUT2D eigenvalue weighted by Crippen LogP contribution is -2.34. The topological polar surface area (TPSA) is 58.4 Å². The molecule has 5 heteroatoms.